The minimum absolute atomic E-state index is 0.130. The number of anilines is 1. The number of nitrogens with one attached hydrogen (secondary N) is 1. The number of carbonyl (C=O) groups excluding carboxylic acids is 1. The molecule has 1 rings (SSSR count). The zero-order chi connectivity index (χ0) is 15.3. The summed E-state index contributed by atoms with van der Waals surface area (Å²) < 4.78 is 25.3. The minimum atomic E-state index is -3.43. The summed E-state index contributed by atoms with van der Waals surface area (Å²) in [6.45, 7) is 5.99. The van der Waals surface area contributed by atoms with Crippen molar-refractivity contribution < 1.29 is 13.2 Å². The Kier molecular flexibility index (Phi) is 5.71. The lowest BCUT2D eigenvalue weighted by Gasteiger charge is -2.28. The second kappa shape index (κ2) is 6.85. The average Bonchev–Trinajstić information content (AvgIpc) is 2.36. The third kappa shape index (κ3) is 4.61. The van der Waals surface area contributed by atoms with Gasteiger partial charge in [-0.15, -0.1) is 0 Å². The molecule has 0 heterocycles. The van der Waals surface area contributed by atoms with Crippen LogP contribution in [0, 0.1) is 5.92 Å². The number of rotatable bonds is 6. The summed E-state index contributed by atoms with van der Waals surface area (Å²) >= 11 is 0. The Balaban J connectivity index is 3.04. The molecule has 1 aromatic carbocycles. The number of nitrogens with zero attached hydrogens (tertiary/aromatic N) is 1. The molecule has 6 heteroatoms. The molecule has 0 aliphatic heterocycles. The predicted octanol–water partition coefficient (Wildman–Crippen LogP) is 1.61. The lowest BCUT2D eigenvalue weighted by Crippen LogP contribution is -2.51. The molecular weight excluding hydrogens is 276 g/mol. The van der Waals surface area contributed by atoms with Gasteiger partial charge in [0.25, 0.3) is 0 Å². The Morgan fingerprint density at radius 1 is 1.25 bits per heavy atom. The van der Waals surface area contributed by atoms with Gasteiger partial charge in [-0.2, -0.15) is 0 Å². The van der Waals surface area contributed by atoms with E-state index in [2.05, 4.69) is 4.72 Å². The van der Waals surface area contributed by atoms with E-state index in [-0.39, 0.29) is 11.8 Å². The van der Waals surface area contributed by atoms with E-state index in [0.29, 0.717) is 6.54 Å². The normalized spacial score (nSPS) is 13.2. The fraction of sp³-hybridized carbons (Fsp3) is 0.500. The van der Waals surface area contributed by atoms with E-state index >= 15 is 0 Å². The summed E-state index contributed by atoms with van der Waals surface area (Å²) in [6, 6.07) is 8.47. The van der Waals surface area contributed by atoms with Crippen LogP contribution in [0.25, 0.3) is 0 Å². The van der Waals surface area contributed by atoms with Gasteiger partial charge in [0.2, 0.25) is 15.9 Å². The first-order valence-electron chi connectivity index (χ1n) is 6.60. The maximum Gasteiger partial charge on any atom is 0.245 e. The van der Waals surface area contributed by atoms with Crippen molar-refractivity contribution in [2.24, 2.45) is 5.92 Å². The maximum absolute atomic E-state index is 12.6. The van der Waals surface area contributed by atoms with Crippen molar-refractivity contribution in [3.63, 3.8) is 0 Å². The van der Waals surface area contributed by atoms with Gasteiger partial charge in [0.1, 0.15) is 6.04 Å². The molecule has 112 valence electrons. The third-order valence-electron chi connectivity index (χ3n) is 2.92. The van der Waals surface area contributed by atoms with E-state index in [0.717, 1.165) is 11.9 Å². The summed E-state index contributed by atoms with van der Waals surface area (Å²) in [4.78, 5) is 14.2. The lowest BCUT2D eigenvalue weighted by atomic mass is 10.0. The van der Waals surface area contributed by atoms with Crippen LogP contribution in [0.2, 0.25) is 0 Å². The van der Waals surface area contributed by atoms with Gasteiger partial charge in [0, 0.05) is 12.2 Å². The smallest absolute Gasteiger partial charge is 0.245 e. The lowest BCUT2D eigenvalue weighted by molar-refractivity contribution is -0.121. The maximum atomic E-state index is 12.6. The van der Waals surface area contributed by atoms with Crippen LogP contribution >= 0.6 is 0 Å². The molecule has 5 nitrogen and oxygen atoms in total. The molecular formula is C14H22N2O3S. The molecule has 1 aromatic rings. The van der Waals surface area contributed by atoms with Gasteiger partial charge in [0.15, 0.2) is 0 Å². The van der Waals surface area contributed by atoms with Gasteiger partial charge in [-0.05, 0) is 25.0 Å². The Morgan fingerprint density at radius 2 is 1.80 bits per heavy atom. The molecule has 0 saturated heterocycles. The quantitative estimate of drug-likeness (QED) is 0.867. The third-order valence-corrected chi connectivity index (χ3v) is 3.61. The van der Waals surface area contributed by atoms with E-state index in [1.165, 1.54) is 0 Å². The molecule has 20 heavy (non-hydrogen) atoms. The van der Waals surface area contributed by atoms with Crippen LogP contribution in [0.5, 0.6) is 0 Å². The number of hydrogen-bond acceptors (Lipinski definition) is 3. The van der Waals surface area contributed by atoms with Crippen LogP contribution in [0.15, 0.2) is 30.3 Å². The number of para-hydroxylation sites is 1. The van der Waals surface area contributed by atoms with Crippen molar-refractivity contribution in [1.29, 1.82) is 0 Å². The number of benzene rings is 1. The SMILES string of the molecule is CCN(C(=O)C(NS(C)(=O)=O)C(C)C)c1ccccc1. The van der Waals surface area contributed by atoms with Gasteiger partial charge in [-0.25, -0.2) is 13.1 Å². The predicted molar refractivity (Wildman–Crippen MR) is 81.1 cm³/mol. The van der Waals surface area contributed by atoms with Crippen molar-refractivity contribution >= 4 is 21.6 Å². The van der Waals surface area contributed by atoms with Crippen molar-refractivity contribution in [3.05, 3.63) is 30.3 Å². The number of likely N-dealkylation sites (N-methyl/N-ethyl adjacent to an activating group) is 1. The number of sulfonamides is 1. The molecule has 0 fully saturated rings. The molecule has 1 unspecified atom stereocenters. The van der Waals surface area contributed by atoms with Crippen LogP contribution in [0.4, 0.5) is 5.69 Å². The summed E-state index contributed by atoms with van der Waals surface area (Å²) in [6.07, 6.45) is 1.06. The minimum Gasteiger partial charge on any atom is -0.311 e. The fourth-order valence-electron chi connectivity index (χ4n) is 1.94. The first-order valence-corrected chi connectivity index (χ1v) is 8.49. The van der Waals surface area contributed by atoms with E-state index in [1.54, 1.807) is 4.90 Å². The molecule has 0 aromatic heterocycles. The summed E-state index contributed by atoms with van der Waals surface area (Å²) in [5.74, 6) is -0.367. The van der Waals surface area contributed by atoms with Crippen molar-refractivity contribution in [2.45, 2.75) is 26.8 Å². The first-order chi connectivity index (χ1) is 9.26. The average molecular weight is 298 g/mol. The second-order valence-corrected chi connectivity index (χ2v) is 6.81. The van der Waals surface area contributed by atoms with Crippen LogP contribution < -0.4 is 9.62 Å². The van der Waals surface area contributed by atoms with Crippen LogP contribution in [-0.2, 0) is 14.8 Å². The van der Waals surface area contributed by atoms with Crippen molar-refractivity contribution in [1.82, 2.24) is 4.72 Å². The molecule has 0 radical (unpaired) electrons. The van der Waals surface area contributed by atoms with Crippen LogP contribution in [-0.4, -0.2) is 33.2 Å². The highest BCUT2D eigenvalue weighted by Gasteiger charge is 2.29. The highest BCUT2D eigenvalue weighted by Crippen LogP contribution is 2.16. The largest absolute Gasteiger partial charge is 0.311 e. The Bertz CT molecular complexity index is 541. The van der Waals surface area contributed by atoms with Crippen LogP contribution in [0.1, 0.15) is 20.8 Å². The molecule has 0 aliphatic carbocycles. The molecule has 0 bridgehead atoms. The van der Waals surface area contributed by atoms with Gasteiger partial charge >= 0.3 is 0 Å². The fourth-order valence-corrected chi connectivity index (χ4v) is 2.78. The van der Waals surface area contributed by atoms with Gasteiger partial charge in [-0.1, -0.05) is 32.0 Å². The Labute approximate surface area is 121 Å². The van der Waals surface area contributed by atoms with Crippen molar-refractivity contribution in [3.8, 4) is 0 Å². The monoisotopic (exact) mass is 298 g/mol. The number of hydrogen-bond donors (Lipinski definition) is 1. The highest BCUT2D eigenvalue weighted by atomic mass is 32.2. The summed E-state index contributed by atoms with van der Waals surface area (Å²) in [7, 11) is -3.43. The molecule has 0 spiro atoms. The standard InChI is InChI=1S/C14H22N2O3S/c1-5-16(12-9-7-6-8-10-12)14(17)13(11(2)3)15-20(4,18)19/h6-11,13,15H,5H2,1-4H3. The first kappa shape index (κ1) is 16.7. The number of amides is 1. The summed E-state index contributed by atoms with van der Waals surface area (Å²) in [5, 5.41) is 0. The van der Waals surface area contributed by atoms with E-state index in [9.17, 15) is 13.2 Å². The van der Waals surface area contributed by atoms with Gasteiger partial charge in [0.05, 0.1) is 6.26 Å². The van der Waals surface area contributed by atoms with E-state index in [1.807, 2.05) is 51.1 Å². The Morgan fingerprint density at radius 3 is 2.20 bits per heavy atom. The zero-order valence-corrected chi connectivity index (χ0v) is 13.1. The molecule has 1 amide bonds. The molecule has 0 aliphatic rings. The van der Waals surface area contributed by atoms with E-state index in [4.69, 9.17) is 0 Å². The Hall–Kier alpha value is -1.40. The molecule has 1 N–H and O–H groups in total. The number of carbonyl (C=O) groups is 1. The topological polar surface area (TPSA) is 66.5 Å². The van der Waals surface area contributed by atoms with Crippen LogP contribution in [0.3, 0.4) is 0 Å². The van der Waals surface area contributed by atoms with E-state index < -0.39 is 16.1 Å². The van der Waals surface area contributed by atoms with Crippen molar-refractivity contribution in [2.75, 3.05) is 17.7 Å². The summed E-state index contributed by atoms with van der Waals surface area (Å²) in [5.41, 5.74) is 0.765. The van der Waals surface area contributed by atoms with Gasteiger partial charge < -0.3 is 4.90 Å². The molecule has 0 saturated carbocycles. The highest BCUT2D eigenvalue weighted by molar-refractivity contribution is 7.88. The van der Waals surface area contributed by atoms with Gasteiger partial charge in [-0.3, -0.25) is 4.79 Å². The second-order valence-electron chi connectivity index (χ2n) is 5.03. The molecule has 1 atom stereocenters. The zero-order valence-electron chi connectivity index (χ0n) is 12.3.